The Hall–Kier alpha value is -1.19. The molecular formula is C6H10N2O2. The zero-order valence-corrected chi connectivity index (χ0v) is 5.72. The maximum atomic E-state index is 10.7. The van der Waals surface area contributed by atoms with Crippen LogP contribution in [0.2, 0.25) is 0 Å². The molecule has 1 unspecified atom stereocenters. The molecule has 1 heterocycles. The number of carbonyl (C=O) groups excluding carboxylic acids is 1. The first-order valence-electron chi connectivity index (χ1n) is 3.20. The minimum atomic E-state index is -0.247. The summed E-state index contributed by atoms with van der Waals surface area (Å²) in [6.07, 6.45) is 1.74. The van der Waals surface area contributed by atoms with E-state index in [-0.39, 0.29) is 18.0 Å². The number of hydrogen-bond acceptors (Lipinski definition) is 3. The molecule has 3 N–H and O–H groups in total. The van der Waals surface area contributed by atoms with Crippen LogP contribution in [0.25, 0.3) is 0 Å². The predicted molar refractivity (Wildman–Crippen MR) is 36.1 cm³/mol. The van der Waals surface area contributed by atoms with Crippen molar-refractivity contribution in [3.63, 3.8) is 0 Å². The van der Waals surface area contributed by atoms with E-state index in [1.54, 1.807) is 0 Å². The number of aliphatic hydroxyl groups excluding tert-OH is 1. The highest BCUT2D eigenvalue weighted by atomic mass is 16.3. The van der Waals surface area contributed by atoms with Gasteiger partial charge in [-0.25, -0.2) is 0 Å². The van der Waals surface area contributed by atoms with Gasteiger partial charge < -0.3 is 15.7 Å². The van der Waals surface area contributed by atoms with Gasteiger partial charge in [-0.3, -0.25) is 4.79 Å². The summed E-state index contributed by atoms with van der Waals surface area (Å²) in [6, 6.07) is 0. The van der Waals surface area contributed by atoms with Gasteiger partial charge in [0.2, 0.25) is 0 Å². The van der Waals surface area contributed by atoms with E-state index >= 15 is 0 Å². The fourth-order valence-electron chi connectivity index (χ4n) is 0.798. The zero-order chi connectivity index (χ0) is 7.56. The van der Waals surface area contributed by atoms with Crippen LogP contribution in [0, 0.1) is 0 Å². The zero-order valence-electron chi connectivity index (χ0n) is 5.72. The quantitative estimate of drug-likeness (QED) is 0.476. The summed E-state index contributed by atoms with van der Waals surface area (Å²) in [5.74, 6) is -0.307. The van der Waals surface area contributed by atoms with Gasteiger partial charge in [0.15, 0.2) is 5.88 Å². The monoisotopic (exact) mass is 142 g/mol. The SMILES string of the molecule is CCC1NC(=O)C=C(O)N1. The molecule has 4 heteroatoms. The summed E-state index contributed by atoms with van der Waals surface area (Å²) in [5.41, 5.74) is 0. The van der Waals surface area contributed by atoms with Crippen LogP contribution in [0.3, 0.4) is 0 Å². The molecule has 1 rings (SSSR count). The third-order valence-electron chi connectivity index (χ3n) is 1.31. The molecule has 0 aromatic heterocycles. The fourth-order valence-corrected chi connectivity index (χ4v) is 0.798. The van der Waals surface area contributed by atoms with Gasteiger partial charge in [0.05, 0.1) is 6.08 Å². The lowest BCUT2D eigenvalue weighted by Gasteiger charge is -2.21. The van der Waals surface area contributed by atoms with Crippen molar-refractivity contribution in [2.75, 3.05) is 0 Å². The van der Waals surface area contributed by atoms with Crippen LogP contribution in [0.5, 0.6) is 0 Å². The Morgan fingerprint density at radius 2 is 2.40 bits per heavy atom. The minimum absolute atomic E-state index is 0.0596. The van der Waals surface area contributed by atoms with Crippen molar-refractivity contribution in [2.24, 2.45) is 0 Å². The average molecular weight is 142 g/mol. The van der Waals surface area contributed by atoms with E-state index in [4.69, 9.17) is 5.11 Å². The number of amides is 1. The molecule has 0 aliphatic carbocycles. The molecule has 0 bridgehead atoms. The Morgan fingerprint density at radius 1 is 1.70 bits per heavy atom. The lowest BCUT2D eigenvalue weighted by atomic mass is 10.3. The Labute approximate surface area is 58.9 Å². The summed E-state index contributed by atoms with van der Waals surface area (Å²) in [6.45, 7) is 1.91. The van der Waals surface area contributed by atoms with E-state index in [1.807, 2.05) is 6.92 Å². The lowest BCUT2D eigenvalue weighted by molar-refractivity contribution is -0.118. The second-order valence-corrected chi connectivity index (χ2v) is 2.14. The summed E-state index contributed by atoms with van der Waals surface area (Å²) in [5, 5.41) is 14.2. The third kappa shape index (κ3) is 1.40. The molecule has 0 aromatic rings. The summed E-state index contributed by atoms with van der Waals surface area (Å²) in [7, 11) is 0. The molecule has 10 heavy (non-hydrogen) atoms. The highest BCUT2D eigenvalue weighted by Gasteiger charge is 2.14. The van der Waals surface area contributed by atoms with Crippen LogP contribution in [-0.2, 0) is 4.79 Å². The normalized spacial score (nSPS) is 24.7. The second-order valence-electron chi connectivity index (χ2n) is 2.14. The molecule has 0 spiro atoms. The van der Waals surface area contributed by atoms with Crippen LogP contribution >= 0.6 is 0 Å². The third-order valence-corrected chi connectivity index (χ3v) is 1.31. The Morgan fingerprint density at radius 3 is 2.90 bits per heavy atom. The average Bonchev–Trinajstić information content (AvgIpc) is 1.85. The molecule has 0 aromatic carbocycles. The van der Waals surface area contributed by atoms with E-state index in [0.29, 0.717) is 0 Å². The molecule has 56 valence electrons. The van der Waals surface area contributed by atoms with Crippen molar-refractivity contribution in [1.29, 1.82) is 0 Å². The Kier molecular flexibility index (Phi) is 1.80. The number of nitrogens with one attached hydrogen (secondary N) is 2. The van der Waals surface area contributed by atoms with Crippen molar-refractivity contribution < 1.29 is 9.90 Å². The topological polar surface area (TPSA) is 61.4 Å². The largest absolute Gasteiger partial charge is 0.495 e. The molecule has 0 saturated heterocycles. The number of carbonyl (C=O) groups is 1. The van der Waals surface area contributed by atoms with Gasteiger partial charge in [-0.2, -0.15) is 0 Å². The maximum absolute atomic E-state index is 10.7. The van der Waals surface area contributed by atoms with Crippen molar-refractivity contribution in [3.8, 4) is 0 Å². The van der Waals surface area contributed by atoms with Gasteiger partial charge in [0, 0.05) is 0 Å². The van der Waals surface area contributed by atoms with Gasteiger partial charge >= 0.3 is 0 Å². The molecular weight excluding hydrogens is 132 g/mol. The maximum Gasteiger partial charge on any atom is 0.250 e. The predicted octanol–water partition coefficient (Wildman–Crippen LogP) is -0.159. The van der Waals surface area contributed by atoms with E-state index < -0.39 is 0 Å². The summed E-state index contributed by atoms with van der Waals surface area (Å²) >= 11 is 0. The first-order valence-corrected chi connectivity index (χ1v) is 3.20. The summed E-state index contributed by atoms with van der Waals surface area (Å²) in [4.78, 5) is 10.7. The highest BCUT2D eigenvalue weighted by molar-refractivity contribution is 5.88. The number of hydrogen-bond donors (Lipinski definition) is 3. The first kappa shape index (κ1) is 6.92. The van der Waals surface area contributed by atoms with Crippen molar-refractivity contribution in [2.45, 2.75) is 19.5 Å². The van der Waals surface area contributed by atoms with E-state index in [9.17, 15) is 4.79 Å². The molecule has 0 saturated carbocycles. The summed E-state index contributed by atoms with van der Waals surface area (Å²) < 4.78 is 0. The molecule has 1 aliphatic rings. The van der Waals surface area contributed by atoms with E-state index in [2.05, 4.69) is 10.6 Å². The Bertz CT molecular complexity index is 177. The van der Waals surface area contributed by atoms with Crippen LogP contribution in [0.4, 0.5) is 0 Å². The van der Waals surface area contributed by atoms with Crippen LogP contribution in [-0.4, -0.2) is 17.2 Å². The molecule has 0 radical (unpaired) electrons. The molecule has 4 nitrogen and oxygen atoms in total. The first-order chi connectivity index (χ1) is 4.72. The van der Waals surface area contributed by atoms with E-state index in [0.717, 1.165) is 12.5 Å². The standard InChI is InChI=1S/C6H10N2O2/c1-2-4-7-5(9)3-6(10)8-4/h3-4,7,9H,2H2,1H3,(H,8,10). The highest BCUT2D eigenvalue weighted by Crippen LogP contribution is 1.96. The van der Waals surface area contributed by atoms with Crippen molar-refractivity contribution in [1.82, 2.24) is 10.6 Å². The van der Waals surface area contributed by atoms with Gasteiger partial charge in [-0.1, -0.05) is 6.92 Å². The van der Waals surface area contributed by atoms with Gasteiger partial charge in [0.25, 0.3) is 5.91 Å². The van der Waals surface area contributed by atoms with Gasteiger partial charge in [-0.15, -0.1) is 0 Å². The fraction of sp³-hybridized carbons (Fsp3) is 0.500. The van der Waals surface area contributed by atoms with Crippen LogP contribution in [0.15, 0.2) is 12.0 Å². The van der Waals surface area contributed by atoms with Crippen LogP contribution in [0.1, 0.15) is 13.3 Å². The van der Waals surface area contributed by atoms with Gasteiger partial charge in [-0.05, 0) is 6.42 Å². The Balaban J connectivity index is 2.60. The minimum Gasteiger partial charge on any atom is -0.495 e. The molecule has 1 aliphatic heterocycles. The molecule has 1 atom stereocenters. The van der Waals surface area contributed by atoms with Gasteiger partial charge in [0.1, 0.15) is 6.17 Å². The lowest BCUT2D eigenvalue weighted by Crippen LogP contribution is -2.47. The molecule has 1 amide bonds. The van der Waals surface area contributed by atoms with E-state index in [1.165, 1.54) is 0 Å². The smallest absolute Gasteiger partial charge is 0.250 e. The van der Waals surface area contributed by atoms with Crippen molar-refractivity contribution >= 4 is 5.91 Å². The second kappa shape index (κ2) is 2.60. The van der Waals surface area contributed by atoms with Crippen LogP contribution < -0.4 is 10.6 Å². The number of rotatable bonds is 1. The van der Waals surface area contributed by atoms with Crippen molar-refractivity contribution in [3.05, 3.63) is 12.0 Å². The molecule has 0 fully saturated rings. The number of aliphatic hydroxyl groups is 1.